The van der Waals surface area contributed by atoms with Crippen molar-refractivity contribution in [3.8, 4) is 11.5 Å². The Labute approximate surface area is 270 Å². The summed E-state index contributed by atoms with van der Waals surface area (Å²) in [6.07, 6.45) is 2.16. The number of carbonyl (C=O) groups excluding carboxylic acids is 4. The average Bonchev–Trinajstić information content (AvgIpc) is 3.24. The van der Waals surface area contributed by atoms with Crippen LogP contribution in [-0.2, 0) is 20.9 Å². The van der Waals surface area contributed by atoms with Crippen LogP contribution in [0.2, 0.25) is 5.02 Å². The molecule has 0 aromatic heterocycles. The number of ether oxygens (including phenoxy) is 3. The molecule has 0 radical (unpaired) electrons. The van der Waals surface area contributed by atoms with Crippen LogP contribution in [0.1, 0.15) is 41.8 Å². The van der Waals surface area contributed by atoms with Crippen LogP contribution in [0.15, 0.2) is 64.0 Å². The van der Waals surface area contributed by atoms with Gasteiger partial charge in [-0.25, -0.2) is 9.18 Å². The SMILES string of the molecule is CCCOC(=O)c1cc(NC(=O)CN2C(=O)S/C(=C\c3cc(Br)c(OCc4ccc(F)cc4)c(OCC)c3)C2=O)ccc1Cl. The van der Waals surface area contributed by atoms with Gasteiger partial charge in [-0.3, -0.25) is 19.3 Å². The zero-order valence-electron chi connectivity index (χ0n) is 23.7. The van der Waals surface area contributed by atoms with E-state index in [4.69, 9.17) is 25.8 Å². The van der Waals surface area contributed by atoms with Crippen LogP contribution in [0.25, 0.3) is 6.08 Å². The van der Waals surface area contributed by atoms with Gasteiger partial charge in [0.25, 0.3) is 11.1 Å². The summed E-state index contributed by atoms with van der Waals surface area (Å²) in [5.41, 5.74) is 1.64. The zero-order chi connectivity index (χ0) is 31.8. The second-order valence-corrected chi connectivity index (χ2v) is 11.6. The number of hydrogen-bond acceptors (Lipinski definition) is 8. The summed E-state index contributed by atoms with van der Waals surface area (Å²) >= 11 is 10.3. The number of halogens is 3. The van der Waals surface area contributed by atoms with E-state index >= 15 is 0 Å². The van der Waals surface area contributed by atoms with Crippen molar-refractivity contribution >= 4 is 74.1 Å². The van der Waals surface area contributed by atoms with Crippen LogP contribution in [0.5, 0.6) is 11.5 Å². The maximum absolute atomic E-state index is 13.2. The van der Waals surface area contributed by atoms with Gasteiger partial charge in [0.2, 0.25) is 5.91 Å². The van der Waals surface area contributed by atoms with Crippen molar-refractivity contribution in [1.29, 1.82) is 0 Å². The molecule has 0 spiro atoms. The highest BCUT2D eigenvalue weighted by Crippen LogP contribution is 2.40. The quantitative estimate of drug-likeness (QED) is 0.153. The average molecular weight is 706 g/mol. The van der Waals surface area contributed by atoms with Crippen molar-refractivity contribution in [1.82, 2.24) is 4.90 Å². The zero-order valence-corrected chi connectivity index (χ0v) is 26.8. The highest BCUT2D eigenvalue weighted by Gasteiger charge is 2.36. The van der Waals surface area contributed by atoms with Gasteiger partial charge >= 0.3 is 5.97 Å². The Morgan fingerprint density at radius 3 is 2.52 bits per heavy atom. The third-order valence-electron chi connectivity index (χ3n) is 6.01. The number of nitrogens with zero attached hydrogens (tertiary/aromatic N) is 1. The number of esters is 1. The molecule has 3 amide bonds. The highest BCUT2D eigenvalue weighted by atomic mass is 79.9. The van der Waals surface area contributed by atoms with E-state index in [1.165, 1.54) is 36.4 Å². The lowest BCUT2D eigenvalue weighted by atomic mass is 10.1. The molecule has 9 nitrogen and oxygen atoms in total. The van der Waals surface area contributed by atoms with Crippen LogP contribution in [0.4, 0.5) is 14.9 Å². The summed E-state index contributed by atoms with van der Waals surface area (Å²) in [6, 6.07) is 13.6. The number of hydrogen-bond donors (Lipinski definition) is 1. The Morgan fingerprint density at radius 1 is 1.07 bits per heavy atom. The molecule has 1 aliphatic heterocycles. The minimum atomic E-state index is -0.646. The van der Waals surface area contributed by atoms with Crippen molar-refractivity contribution in [2.24, 2.45) is 0 Å². The normalized spacial score (nSPS) is 13.8. The molecule has 0 saturated carbocycles. The van der Waals surface area contributed by atoms with Crippen LogP contribution in [-0.4, -0.2) is 47.7 Å². The van der Waals surface area contributed by atoms with Crippen LogP contribution in [0, 0.1) is 5.82 Å². The van der Waals surface area contributed by atoms with Gasteiger partial charge in [-0.1, -0.05) is 30.7 Å². The van der Waals surface area contributed by atoms with Gasteiger partial charge in [0.15, 0.2) is 11.5 Å². The molecule has 1 saturated heterocycles. The first-order valence-corrected chi connectivity index (χ1v) is 15.4. The lowest BCUT2D eigenvalue weighted by Gasteiger charge is -2.15. The minimum Gasteiger partial charge on any atom is -0.490 e. The minimum absolute atomic E-state index is 0.0801. The highest BCUT2D eigenvalue weighted by molar-refractivity contribution is 9.10. The molecule has 0 bridgehead atoms. The van der Waals surface area contributed by atoms with Crippen molar-refractivity contribution < 1.29 is 37.8 Å². The third kappa shape index (κ3) is 8.40. The molecule has 0 unspecified atom stereocenters. The fraction of sp³-hybridized carbons (Fsp3) is 0.226. The Kier molecular flexibility index (Phi) is 11.4. The van der Waals surface area contributed by atoms with Crippen molar-refractivity contribution in [2.75, 3.05) is 25.1 Å². The summed E-state index contributed by atoms with van der Waals surface area (Å²) < 4.78 is 30.6. The van der Waals surface area contributed by atoms with E-state index in [-0.39, 0.29) is 40.2 Å². The lowest BCUT2D eigenvalue weighted by molar-refractivity contribution is -0.127. The monoisotopic (exact) mass is 704 g/mol. The number of benzene rings is 3. The summed E-state index contributed by atoms with van der Waals surface area (Å²) in [5, 5.41) is 2.13. The molecule has 1 fully saturated rings. The van der Waals surface area contributed by atoms with Gasteiger partial charge in [-0.2, -0.15) is 0 Å². The number of rotatable bonds is 12. The van der Waals surface area contributed by atoms with Gasteiger partial charge in [-0.05, 0) is 101 Å². The fourth-order valence-corrected chi connectivity index (χ4v) is 5.58. The molecule has 0 atom stereocenters. The van der Waals surface area contributed by atoms with Crippen molar-refractivity contribution in [3.05, 3.63) is 91.5 Å². The molecule has 4 rings (SSSR count). The van der Waals surface area contributed by atoms with Crippen LogP contribution >= 0.6 is 39.3 Å². The standard InChI is InChI=1S/C31H27BrClFN2O7S/c1-3-11-42-30(39)22-15-21(9-10-24(22)33)35-27(37)16-36-29(38)26(44-31(36)40)14-19-12-23(32)28(25(13-19)41-4-2)43-17-18-5-7-20(34)8-6-18/h5-10,12-15H,3-4,11,16-17H2,1-2H3,(H,35,37)/b26-14-. The van der Waals surface area contributed by atoms with E-state index in [1.807, 2.05) is 13.8 Å². The van der Waals surface area contributed by atoms with Crippen LogP contribution in [0.3, 0.4) is 0 Å². The molecule has 3 aromatic carbocycles. The number of nitrogens with one attached hydrogen (secondary N) is 1. The summed E-state index contributed by atoms with van der Waals surface area (Å²) in [5.74, 6) is -1.44. The smallest absolute Gasteiger partial charge is 0.339 e. The first kappa shape index (κ1) is 33.0. The van der Waals surface area contributed by atoms with E-state index < -0.39 is 29.6 Å². The van der Waals surface area contributed by atoms with E-state index in [0.717, 1.165) is 10.5 Å². The summed E-state index contributed by atoms with van der Waals surface area (Å²) in [4.78, 5) is 51.7. The largest absolute Gasteiger partial charge is 0.490 e. The number of thioether (sulfide) groups is 1. The van der Waals surface area contributed by atoms with Gasteiger partial charge in [-0.15, -0.1) is 0 Å². The number of imide groups is 1. The van der Waals surface area contributed by atoms with Gasteiger partial charge in [0.05, 0.1) is 33.2 Å². The second kappa shape index (κ2) is 15.2. The Balaban J connectivity index is 1.45. The summed E-state index contributed by atoms with van der Waals surface area (Å²) in [6.45, 7) is 3.85. The van der Waals surface area contributed by atoms with Gasteiger partial charge < -0.3 is 19.5 Å². The molecule has 44 heavy (non-hydrogen) atoms. The van der Waals surface area contributed by atoms with Crippen molar-refractivity contribution in [3.63, 3.8) is 0 Å². The Morgan fingerprint density at radius 2 is 1.82 bits per heavy atom. The Bertz CT molecular complexity index is 1620. The fourth-order valence-electron chi connectivity index (χ4n) is 3.97. The van der Waals surface area contributed by atoms with E-state index in [0.29, 0.717) is 46.3 Å². The number of anilines is 1. The van der Waals surface area contributed by atoms with E-state index in [2.05, 4.69) is 21.2 Å². The lowest BCUT2D eigenvalue weighted by Crippen LogP contribution is -2.36. The summed E-state index contributed by atoms with van der Waals surface area (Å²) in [7, 11) is 0. The molecule has 13 heteroatoms. The molecule has 230 valence electrons. The van der Waals surface area contributed by atoms with Crippen LogP contribution < -0.4 is 14.8 Å². The van der Waals surface area contributed by atoms with Gasteiger partial charge in [0, 0.05) is 5.69 Å². The maximum Gasteiger partial charge on any atom is 0.339 e. The first-order valence-electron chi connectivity index (χ1n) is 13.4. The predicted octanol–water partition coefficient (Wildman–Crippen LogP) is 7.46. The molecule has 1 heterocycles. The molecule has 1 N–H and O–H groups in total. The van der Waals surface area contributed by atoms with E-state index in [9.17, 15) is 23.6 Å². The van der Waals surface area contributed by atoms with Crippen molar-refractivity contribution in [2.45, 2.75) is 26.9 Å². The van der Waals surface area contributed by atoms with Gasteiger partial charge in [0.1, 0.15) is 19.0 Å². The predicted molar refractivity (Wildman–Crippen MR) is 169 cm³/mol. The number of carbonyl (C=O) groups is 4. The molecule has 0 aliphatic carbocycles. The van der Waals surface area contributed by atoms with E-state index in [1.54, 1.807) is 24.3 Å². The second-order valence-electron chi connectivity index (χ2n) is 9.32. The maximum atomic E-state index is 13.2. The molecular weight excluding hydrogens is 679 g/mol. The molecule has 1 aliphatic rings. The first-order chi connectivity index (χ1) is 21.1. The molecule has 3 aromatic rings. The molecular formula is C31H27BrClFN2O7S. The topological polar surface area (TPSA) is 111 Å². The third-order valence-corrected chi connectivity index (χ3v) is 7.83. The Hall–Kier alpha value is -3.87. The number of amides is 3.